The molecule has 5 heteroatoms. The number of ether oxygens (including phenoxy) is 2. The van der Waals surface area contributed by atoms with E-state index in [0.717, 1.165) is 28.2 Å². The van der Waals surface area contributed by atoms with E-state index in [1.807, 2.05) is 49.4 Å². The van der Waals surface area contributed by atoms with Crippen LogP contribution in [-0.2, 0) is 11.2 Å². The van der Waals surface area contributed by atoms with Gasteiger partial charge in [-0.15, -0.1) is 0 Å². The SMILES string of the molecule is COc1ccc(OC)c(CCNC(=O)C(N)c2ccc(C)cc2)c1. The lowest BCUT2D eigenvalue weighted by Gasteiger charge is -2.14. The van der Waals surface area contributed by atoms with Crippen molar-refractivity contribution in [2.45, 2.75) is 19.4 Å². The number of methoxy groups -OCH3 is 2. The molecule has 0 saturated carbocycles. The van der Waals surface area contributed by atoms with Crippen LogP contribution in [0.3, 0.4) is 0 Å². The molecule has 0 bridgehead atoms. The predicted octanol–water partition coefficient (Wildman–Crippen LogP) is 2.37. The molecule has 2 aromatic rings. The summed E-state index contributed by atoms with van der Waals surface area (Å²) in [5.74, 6) is 1.34. The van der Waals surface area contributed by atoms with Crippen LogP contribution in [0.2, 0.25) is 0 Å². The van der Waals surface area contributed by atoms with Crippen LogP contribution in [0.4, 0.5) is 0 Å². The van der Waals surface area contributed by atoms with Gasteiger partial charge in [0, 0.05) is 6.54 Å². The average Bonchev–Trinajstić information content (AvgIpc) is 2.61. The number of carbonyl (C=O) groups excluding carboxylic acids is 1. The molecule has 2 aromatic carbocycles. The van der Waals surface area contributed by atoms with Crippen LogP contribution < -0.4 is 20.5 Å². The number of nitrogens with one attached hydrogen (secondary N) is 1. The second-order valence-electron chi connectivity index (χ2n) is 5.61. The van der Waals surface area contributed by atoms with Gasteiger partial charge >= 0.3 is 0 Å². The fourth-order valence-electron chi connectivity index (χ4n) is 2.43. The summed E-state index contributed by atoms with van der Waals surface area (Å²) in [6.07, 6.45) is 0.632. The van der Waals surface area contributed by atoms with E-state index in [2.05, 4.69) is 5.32 Å². The summed E-state index contributed by atoms with van der Waals surface area (Å²) >= 11 is 0. The van der Waals surface area contributed by atoms with E-state index in [0.29, 0.717) is 13.0 Å². The first kappa shape index (κ1) is 17.8. The normalized spacial score (nSPS) is 11.7. The Kier molecular flexibility index (Phi) is 6.21. The predicted molar refractivity (Wildman–Crippen MR) is 94.4 cm³/mol. The summed E-state index contributed by atoms with van der Waals surface area (Å²) in [7, 11) is 3.24. The fraction of sp³-hybridized carbons (Fsp3) is 0.316. The molecule has 2 rings (SSSR count). The van der Waals surface area contributed by atoms with Crippen molar-refractivity contribution in [2.24, 2.45) is 5.73 Å². The number of aryl methyl sites for hydroxylation is 1. The third-order valence-corrected chi connectivity index (χ3v) is 3.90. The van der Waals surface area contributed by atoms with E-state index < -0.39 is 6.04 Å². The van der Waals surface area contributed by atoms with Gasteiger partial charge in [0.05, 0.1) is 14.2 Å². The zero-order valence-electron chi connectivity index (χ0n) is 14.3. The third kappa shape index (κ3) is 4.49. The highest BCUT2D eigenvalue weighted by Crippen LogP contribution is 2.24. The molecule has 3 N–H and O–H groups in total. The first-order chi connectivity index (χ1) is 11.5. The maximum Gasteiger partial charge on any atom is 0.241 e. The first-order valence-corrected chi connectivity index (χ1v) is 7.86. The smallest absolute Gasteiger partial charge is 0.241 e. The van der Waals surface area contributed by atoms with E-state index in [1.54, 1.807) is 14.2 Å². The van der Waals surface area contributed by atoms with Gasteiger partial charge in [0.1, 0.15) is 17.5 Å². The number of hydrogen-bond acceptors (Lipinski definition) is 4. The summed E-state index contributed by atoms with van der Waals surface area (Å²) in [6.45, 7) is 2.47. The van der Waals surface area contributed by atoms with Crippen molar-refractivity contribution in [1.29, 1.82) is 0 Å². The number of carbonyl (C=O) groups is 1. The minimum Gasteiger partial charge on any atom is -0.497 e. The number of nitrogens with two attached hydrogens (primary N) is 1. The molecule has 0 fully saturated rings. The lowest BCUT2D eigenvalue weighted by Crippen LogP contribution is -2.35. The highest BCUT2D eigenvalue weighted by molar-refractivity contribution is 5.82. The average molecular weight is 328 g/mol. The minimum atomic E-state index is -0.669. The molecule has 128 valence electrons. The van der Waals surface area contributed by atoms with Crippen LogP contribution >= 0.6 is 0 Å². The zero-order valence-corrected chi connectivity index (χ0v) is 14.3. The summed E-state index contributed by atoms with van der Waals surface area (Å²) in [5.41, 5.74) is 8.92. The van der Waals surface area contributed by atoms with Crippen molar-refractivity contribution < 1.29 is 14.3 Å². The van der Waals surface area contributed by atoms with Crippen LogP contribution in [0.25, 0.3) is 0 Å². The summed E-state index contributed by atoms with van der Waals surface area (Å²) in [4.78, 5) is 12.2. The van der Waals surface area contributed by atoms with Crippen molar-refractivity contribution in [3.05, 3.63) is 59.2 Å². The molecule has 1 atom stereocenters. The topological polar surface area (TPSA) is 73.6 Å². The molecular formula is C19H24N2O3. The molecule has 0 heterocycles. The number of amides is 1. The van der Waals surface area contributed by atoms with Gasteiger partial charge in [-0.1, -0.05) is 29.8 Å². The van der Waals surface area contributed by atoms with Crippen LogP contribution in [-0.4, -0.2) is 26.7 Å². The van der Waals surface area contributed by atoms with Crippen LogP contribution in [0.1, 0.15) is 22.7 Å². The van der Waals surface area contributed by atoms with E-state index in [9.17, 15) is 4.79 Å². The lowest BCUT2D eigenvalue weighted by atomic mass is 10.1. The molecule has 0 aromatic heterocycles. The number of rotatable bonds is 7. The Morgan fingerprint density at radius 3 is 2.46 bits per heavy atom. The van der Waals surface area contributed by atoms with Crippen molar-refractivity contribution in [3.8, 4) is 11.5 Å². The van der Waals surface area contributed by atoms with E-state index in [4.69, 9.17) is 15.2 Å². The second-order valence-corrected chi connectivity index (χ2v) is 5.61. The Morgan fingerprint density at radius 1 is 1.12 bits per heavy atom. The van der Waals surface area contributed by atoms with Crippen molar-refractivity contribution in [2.75, 3.05) is 20.8 Å². The summed E-state index contributed by atoms with van der Waals surface area (Å²) < 4.78 is 10.6. The molecule has 0 aliphatic rings. The van der Waals surface area contributed by atoms with Crippen molar-refractivity contribution in [1.82, 2.24) is 5.32 Å². The maximum atomic E-state index is 12.2. The molecule has 24 heavy (non-hydrogen) atoms. The fourth-order valence-corrected chi connectivity index (χ4v) is 2.43. The molecule has 0 aliphatic carbocycles. The number of benzene rings is 2. The van der Waals surface area contributed by atoms with Gasteiger partial charge in [0.2, 0.25) is 5.91 Å². The molecule has 1 unspecified atom stereocenters. The first-order valence-electron chi connectivity index (χ1n) is 7.86. The highest BCUT2D eigenvalue weighted by atomic mass is 16.5. The quantitative estimate of drug-likeness (QED) is 0.818. The van der Waals surface area contributed by atoms with E-state index >= 15 is 0 Å². The molecule has 0 spiro atoms. The summed E-state index contributed by atoms with van der Waals surface area (Å²) in [5, 5.41) is 2.87. The molecule has 1 amide bonds. The Bertz CT molecular complexity index is 684. The molecule has 5 nitrogen and oxygen atoms in total. The van der Waals surface area contributed by atoms with Crippen LogP contribution in [0.15, 0.2) is 42.5 Å². The van der Waals surface area contributed by atoms with Gasteiger partial charge < -0.3 is 20.5 Å². The van der Waals surface area contributed by atoms with Gasteiger partial charge in [-0.3, -0.25) is 4.79 Å². The standard InChI is InChI=1S/C19H24N2O3/c1-13-4-6-14(7-5-13)18(20)19(22)21-11-10-15-12-16(23-2)8-9-17(15)24-3/h4-9,12,18H,10-11,20H2,1-3H3,(H,21,22). The Labute approximate surface area is 142 Å². The molecule has 0 radical (unpaired) electrons. The summed E-state index contributed by atoms with van der Waals surface area (Å²) in [6, 6.07) is 12.6. The van der Waals surface area contributed by atoms with E-state index in [-0.39, 0.29) is 5.91 Å². The Balaban J connectivity index is 1.93. The molecule has 0 saturated heterocycles. The van der Waals surface area contributed by atoms with Gasteiger partial charge in [-0.2, -0.15) is 0 Å². The Hall–Kier alpha value is -2.53. The van der Waals surface area contributed by atoms with E-state index in [1.165, 1.54) is 0 Å². The van der Waals surface area contributed by atoms with Crippen LogP contribution in [0.5, 0.6) is 11.5 Å². The second kappa shape index (κ2) is 8.36. The maximum absolute atomic E-state index is 12.2. The van der Waals surface area contributed by atoms with Gasteiger partial charge in [0.15, 0.2) is 0 Å². The monoisotopic (exact) mass is 328 g/mol. The van der Waals surface area contributed by atoms with Crippen molar-refractivity contribution >= 4 is 5.91 Å². The lowest BCUT2D eigenvalue weighted by molar-refractivity contribution is -0.122. The highest BCUT2D eigenvalue weighted by Gasteiger charge is 2.15. The van der Waals surface area contributed by atoms with Gasteiger partial charge in [0.25, 0.3) is 0 Å². The molecular weight excluding hydrogens is 304 g/mol. The van der Waals surface area contributed by atoms with Gasteiger partial charge in [-0.05, 0) is 42.7 Å². The number of hydrogen-bond donors (Lipinski definition) is 2. The van der Waals surface area contributed by atoms with Crippen molar-refractivity contribution in [3.63, 3.8) is 0 Å². The van der Waals surface area contributed by atoms with Crippen LogP contribution in [0, 0.1) is 6.92 Å². The Morgan fingerprint density at radius 2 is 1.83 bits per heavy atom. The molecule has 0 aliphatic heterocycles. The zero-order chi connectivity index (χ0) is 17.5. The largest absolute Gasteiger partial charge is 0.497 e. The third-order valence-electron chi connectivity index (χ3n) is 3.90. The van der Waals surface area contributed by atoms with Gasteiger partial charge in [-0.25, -0.2) is 0 Å². The minimum absolute atomic E-state index is 0.194.